The van der Waals surface area contributed by atoms with E-state index in [1.807, 2.05) is 0 Å². The molecule has 2 aliphatic rings. The molecular formula is C13H14N6NaO6S. The molecule has 27 heavy (non-hydrogen) atoms. The maximum absolute atomic E-state index is 12.4. The molecule has 139 valence electrons. The maximum Gasteiger partial charge on any atom is 0.352 e. The quantitative estimate of drug-likeness (QED) is 0.297. The Morgan fingerprint density at radius 1 is 1.44 bits per heavy atom. The summed E-state index contributed by atoms with van der Waals surface area (Å²) in [4.78, 5) is 48.0. The molecule has 2 aliphatic heterocycles. The fourth-order valence-corrected chi connectivity index (χ4v) is 3.93. The van der Waals surface area contributed by atoms with Crippen LogP contribution in [0.2, 0.25) is 0 Å². The van der Waals surface area contributed by atoms with Crippen LogP contribution in [0.5, 0.6) is 0 Å². The van der Waals surface area contributed by atoms with Crippen LogP contribution in [0.4, 0.5) is 0 Å². The van der Waals surface area contributed by atoms with Crippen molar-refractivity contribution < 1.29 is 29.0 Å². The van der Waals surface area contributed by atoms with E-state index in [9.17, 15) is 24.3 Å². The molecule has 1 saturated heterocycles. The van der Waals surface area contributed by atoms with Crippen LogP contribution >= 0.6 is 11.8 Å². The van der Waals surface area contributed by atoms with Crippen molar-refractivity contribution >= 4 is 65.1 Å². The van der Waals surface area contributed by atoms with Gasteiger partial charge >= 0.3 is 11.9 Å². The number of fused-ring (bicyclic) bond motifs is 1. The van der Waals surface area contributed by atoms with Crippen molar-refractivity contribution in [3.63, 3.8) is 0 Å². The molecule has 3 heterocycles. The molecule has 0 aromatic carbocycles. The second-order valence-electron chi connectivity index (χ2n) is 5.50. The molecule has 2 atom stereocenters. The molecule has 0 saturated carbocycles. The Kier molecular flexibility index (Phi) is 6.97. The van der Waals surface area contributed by atoms with Gasteiger partial charge in [0.15, 0.2) is 0 Å². The number of tetrazole rings is 1. The summed E-state index contributed by atoms with van der Waals surface area (Å²) in [5.74, 6) is -2.57. The molecule has 14 heteroatoms. The van der Waals surface area contributed by atoms with E-state index in [1.54, 1.807) is 0 Å². The Morgan fingerprint density at radius 3 is 2.78 bits per heavy atom. The van der Waals surface area contributed by atoms with Crippen LogP contribution in [-0.2, 0) is 30.5 Å². The summed E-state index contributed by atoms with van der Waals surface area (Å²) in [7, 11) is 0. The Balaban J connectivity index is 0.00000261. The van der Waals surface area contributed by atoms with Gasteiger partial charge in [0.1, 0.15) is 36.6 Å². The molecular weight excluding hydrogens is 391 g/mol. The fraction of sp³-hybridized carbons (Fsp3) is 0.462. The first-order chi connectivity index (χ1) is 12.4. The van der Waals surface area contributed by atoms with Crippen LogP contribution in [0.3, 0.4) is 0 Å². The number of aliphatic carboxylic acids is 1. The van der Waals surface area contributed by atoms with Gasteiger partial charge in [-0.3, -0.25) is 19.3 Å². The van der Waals surface area contributed by atoms with Crippen LogP contribution in [0.1, 0.15) is 6.92 Å². The van der Waals surface area contributed by atoms with Gasteiger partial charge in [0, 0.05) is 47.8 Å². The summed E-state index contributed by atoms with van der Waals surface area (Å²) < 4.78 is 6.05. The zero-order chi connectivity index (χ0) is 18.8. The number of esters is 1. The molecule has 0 bridgehead atoms. The van der Waals surface area contributed by atoms with Gasteiger partial charge in [-0.2, -0.15) is 0 Å². The Labute approximate surface area is 178 Å². The molecule has 2 N–H and O–H groups in total. The molecule has 0 unspecified atom stereocenters. The third kappa shape index (κ3) is 4.48. The van der Waals surface area contributed by atoms with E-state index in [0.29, 0.717) is 5.57 Å². The number of carboxylic acid groups (broad SMARTS) is 1. The zero-order valence-corrected chi connectivity index (χ0v) is 17.3. The van der Waals surface area contributed by atoms with Crippen LogP contribution in [0, 0.1) is 0 Å². The summed E-state index contributed by atoms with van der Waals surface area (Å²) in [6.07, 6.45) is 1.26. The minimum atomic E-state index is -1.29. The number of nitrogens with zero attached hydrogens (tertiary/aromatic N) is 5. The predicted molar refractivity (Wildman–Crippen MR) is 89.9 cm³/mol. The summed E-state index contributed by atoms with van der Waals surface area (Å²) >= 11 is 1.29. The Hall–Kier alpha value is -1.96. The number of rotatable bonds is 6. The first kappa shape index (κ1) is 21.3. The van der Waals surface area contributed by atoms with Crippen molar-refractivity contribution in [1.29, 1.82) is 0 Å². The number of hydrogen-bond acceptors (Lipinski definition) is 9. The van der Waals surface area contributed by atoms with Gasteiger partial charge in [0.25, 0.3) is 5.91 Å². The number of amides is 2. The first-order valence-corrected chi connectivity index (χ1v) is 8.47. The van der Waals surface area contributed by atoms with Gasteiger partial charge in [0.05, 0.1) is 0 Å². The average molecular weight is 405 g/mol. The fourth-order valence-electron chi connectivity index (χ4n) is 2.60. The summed E-state index contributed by atoms with van der Waals surface area (Å²) in [6.45, 7) is 0.856. The second-order valence-corrected chi connectivity index (χ2v) is 6.60. The van der Waals surface area contributed by atoms with Crippen molar-refractivity contribution in [3.8, 4) is 0 Å². The number of β-lactam (4-membered cyclic amide) rings is 1. The maximum atomic E-state index is 12.4. The third-order valence-electron chi connectivity index (χ3n) is 3.71. The normalized spacial score (nSPS) is 20.9. The zero-order valence-electron chi connectivity index (χ0n) is 14.5. The van der Waals surface area contributed by atoms with Gasteiger partial charge in [-0.1, -0.05) is 0 Å². The largest absolute Gasteiger partial charge is 0.477 e. The monoisotopic (exact) mass is 405 g/mol. The SMILES string of the molecule is CC(=O)OCC1=C(C(=O)O)N2C(=O)[C@@H](NC(=O)Cn3cnnn3)[C@H]2SC1.[Na]. The van der Waals surface area contributed by atoms with Crippen LogP contribution < -0.4 is 5.32 Å². The summed E-state index contributed by atoms with van der Waals surface area (Å²) in [5, 5.41) is 21.8. The number of thioether (sulfide) groups is 1. The number of ether oxygens (including phenoxy) is 1. The van der Waals surface area contributed by atoms with E-state index < -0.39 is 35.2 Å². The van der Waals surface area contributed by atoms with Crippen molar-refractivity contribution in [2.75, 3.05) is 12.4 Å². The first-order valence-electron chi connectivity index (χ1n) is 7.42. The molecule has 1 radical (unpaired) electrons. The minimum absolute atomic E-state index is 0. The van der Waals surface area contributed by atoms with Gasteiger partial charge < -0.3 is 15.2 Å². The second kappa shape index (κ2) is 8.82. The van der Waals surface area contributed by atoms with Crippen molar-refractivity contribution in [2.45, 2.75) is 24.9 Å². The van der Waals surface area contributed by atoms with Crippen LogP contribution in [0.25, 0.3) is 0 Å². The van der Waals surface area contributed by atoms with E-state index in [4.69, 9.17) is 4.74 Å². The molecule has 0 spiro atoms. The molecule has 0 aliphatic carbocycles. The number of nitrogens with one attached hydrogen (secondary N) is 1. The number of carboxylic acids is 1. The topological polar surface area (TPSA) is 157 Å². The third-order valence-corrected chi connectivity index (χ3v) is 5.05. The van der Waals surface area contributed by atoms with E-state index >= 15 is 0 Å². The molecule has 3 rings (SSSR count). The minimum Gasteiger partial charge on any atom is -0.477 e. The van der Waals surface area contributed by atoms with E-state index in [0.717, 1.165) is 4.90 Å². The molecule has 12 nitrogen and oxygen atoms in total. The van der Waals surface area contributed by atoms with Gasteiger partial charge in [0.2, 0.25) is 5.91 Å². The summed E-state index contributed by atoms with van der Waals surface area (Å²) in [5.41, 5.74) is 0.131. The van der Waals surface area contributed by atoms with Crippen molar-refractivity contribution in [2.24, 2.45) is 0 Å². The van der Waals surface area contributed by atoms with Crippen molar-refractivity contribution in [3.05, 3.63) is 17.6 Å². The van der Waals surface area contributed by atoms with Gasteiger partial charge in [-0.05, 0) is 10.4 Å². The number of carbonyl (C=O) groups is 4. The van der Waals surface area contributed by atoms with E-state index in [2.05, 4.69) is 20.8 Å². The number of hydrogen-bond donors (Lipinski definition) is 2. The van der Waals surface area contributed by atoms with Crippen molar-refractivity contribution in [1.82, 2.24) is 30.4 Å². The average Bonchev–Trinajstić information content (AvgIpc) is 3.09. The Morgan fingerprint density at radius 2 is 2.19 bits per heavy atom. The van der Waals surface area contributed by atoms with E-state index in [1.165, 1.54) is 29.7 Å². The predicted octanol–water partition coefficient (Wildman–Crippen LogP) is -2.41. The van der Waals surface area contributed by atoms with E-state index in [-0.39, 0.29) is 54.2 Å². The molecule has 1 aromatic rings. The standard InChI is InChI=1S/C13H14N6O6S.Na/c1-6(20)25-3-7-4-26-12-9(11(22)19(12)10(7)13(23)24)15-8(21)2-18-5-14-16-17-18;/h5,9,12H,2-4H2,1H3,(H,15,21)(H,23,24);/t9-,12-;/m1./s1. The number of carbonyl (C=O) groups excluding carboxylic acids is 3. The smallest absolute Gasteiger partial charge is 0.352 e. The molecule has 1 aromatic heterocycles. The van der Waals surface area contributed by atoms with Gasteiger partial charge in [-0.15, -0.1) is 16.9 Å². The number of aromatic nitrogens is 4. The van der Waals surface area contributed by atoms with Crippen LogP contribution in [-0.4, -0.2) is 107 Å². The van der Waals surface area contributed by atoms with Crippen LogP contribution in [0.15, 0.2) is 17.6 Å². The Bertz CT molecular complexity index is 799. The summed E-state index contributed by atoms with van der Waals surface area (Å²) in [6, 6.07) is -0.839. The van der Waals surface area contributed by atoms with Gasteiger partial charge in [-0.25, -0.2) is 9.48 Å². The molecule has 1 fully saturated rings. The molecule has 2 amide bonds.